The highest BCUT2D eigenvalue weighted by molar-refractivity contribution is 6.01. The van der Waals surface area contributed by atoms with Crippen molar-refractivity contribution >= 4 is 23.6 Å². The monoisotopic (exact) mass is 395 g/mol. The molecule has 0 spiro atoms. The molecule has 0 aromatic heterocycles. The largest absolute Gasteiger partial charge is 0.480 e. The summed E-state index contributed by atoms with van der Waals surface area (Å²) in [7, 11) is 0. The zero-order valence-electron chi connectivity index (χ0n) is 17.1. The van der Waals surface area contributed by atoms with E-state index in [4.69, 9.17) is 0 Å². The second-order valence-corrected chi connectivity index (χ2v) is 8.72. The van der Waals surface area contributed by atoms with Crippen LogP contribution in [0.5, 0.6) is 0 Å². The molecule has 1 aliphatic heterocycles. The minimum Gasteiger partial charge on any atom is -0.480 e. The van der Waals surface area contributed by atoms with Crippen molar-refractivity contribution in [3.05, 3.63) is 0 Å². The summed E-state index contributed by atoms with van der Waals surface area (Å²) in [5.74, 6) is -2.61. The van der Waals surface area contributed by atoms with Gasteiger partial charge in [0.25, 0.3) is 0 Å². The van der Waals surface area contributed by atoms with Gasteiger partial charge in [-0.25, -0.2) is 4.79 Å². The normalized spacial score (nSPS) is 29.1. The Bertz CT molecular complexity index is 600. The molecular formula is C21H33NO6. The van der Waals surface area contributed by atoms with Gasteiger partial charge in [0.15, 0.2) is 0 Å². The molecule has 7 heteroatoms. The van der Waals surface area contributed by atoms with Crippen molar-refractivity contribution in [3.63, 3.8) is 0 Å². The molecule has 2 N–H and O–H groups in total. The molecule has 2 aliphatic rings. The van der Waals surface area contributed by atoms with Crippen LogP contribution in [0, 0.1) is 23.7 Å². The lowest BCUT2D eigenvalue weighted by molar-refractivity contribution is -0.162. The molecule has 2 rings (SSSR count). The molecule has 5 unspecified atom stereocenters. The molecule has 1 saturated heterocycles. The molecule has 2 amide bonds. The fourth-order valence-electron chi connectivity index (χ4n) is 4.76. The maximum atomic E-state index is 12.5. The highest BCUT2D eigenvalue weighted by atomic mass is 16.4. The third kappa shape index (κ3) is 5.19. The van der Waals surface area contributed by atoms with Crippen LogP contribution in [0.4, 0.5) is 0 Å². The summed E-state index contributed by atoms with van der Waals surface area (Å²) in [4.78, 5) is 50.0. The van der Waals surface area contributed by atoms with Crippen LogP contribution in [0.2, 0.25) is 0 Å². The van der Waals surface area contributed by atoms with Crippen LogP contribution < -0.4 is 0 Å². The van der Waals surface area contributed by atoms with Crippen LogP contribution >= 0.6 is 0 Å². The van der Waals surface area contributed by atoms with Gasteiger partial charge in [-0.3, -0.25) is 19.3 Å². The van der Waals surface area contributed by atoms with Crippen LogP contribution in [0.15, 0.2) is 0 Å². The summed E-state index contributed by atoms with van der Waals surface area (Å²) in [6, 6.07) is -1.12. The van der Waals surface area contributed by atoms with Crippen LogP contribution in [0.1, 0.15) is 72.1 Å². The van der Waals surface area contributed by atoms with Crippen molar-refractivity contribution in [2.24, 2.45) is 23.7 Å². The number of piperidine rings is 1. The maximum Gasteiger partial charge on any atom is 0.326 e. The summed E-state index contributed by atoms with van der Waals surface area (Å²) in [6.07, 6.45) is 2.52. The number of rotatable bonds is 8. The highest BCUT2D eigenvalue weighted by Crippen LogP contribution is 2.35. The van der Waals surface area contributed by atoms with Crippen LogP contribution in [0.3, 0.4) is 0 Å². The van der Waals surface area contributed by atoms with Gasteiger partial charge in [0.05, 0.1) is 6.10 Å². The van der Waals surface area contributed by atoms with E-state index in [0.29, 0.717) is 18.8 Å². The van der Waals surface area contributed by atoms with Gasteiger partial charge in [-0.15, -0.1) is 0 Å². The quantitative estimate of drug-likeness (QED) is 0.610. The number of likely N-dealkylation sites (tertiary alicyclic amines) is 1. The minimum atomic E-state index is -1.16. The Hall–Kier alpha value is -1.76. The SMILES string of the molecule is CCCCC(C(=O)O)N1C(=O)CC(CC(O)C2CC(C)CC(C)C2=O)CC1=O. The Balaban J connectivity index is 2.01. The average Bonchev–Trinajstić information content (AvgIpc) is 2.59. The third-order valence-electron chi connectivity index (χ3n) is 6.19. The number of aliphatic carboxylic acids is 1. The second-order valence-electron chi connectivity index (χ2n) is 8.72. The zero-order valence-corrected chi connectivity index (χ0v) is 17.1. The molecule has 1 heterocycles. The van der Waals surface area contributed by atoms with Crippen LogP contribution in [-0.2, 0) is 19.2 Å². The summed E-state index contributed by atoms with van der Waals surface area (Å²) < 4.78 is 0. The van der Waals surface area contributed by atoms with Gasteiger partial charge in [-0.1, -0.05) is 33.6 Å². The van der Waals surface area contributed by atoms with E-state index in [1.807, 2.05) is 13.8 Å². The number of carbonyl (C=O) groups excluding carboxylic acids is 3. The van der Waals surface area contributed by atoms with Crippen molar-refractivity contribution in [3.8, 4) is 0 Å². The lowest BCUT2D eigenvalue weighted by atomic mass is 9.71. The van der Waals surface area contributed by atoms with E-state index in [2.05, 4.69) is 6.92 Å². The number of nitrogens with zero attached hydrogens (tertiary/aromatic N) is 1. The van der Waals surface area contributed by atoms with Gasteiger partial charge < -0.3 is 10.2 Å². The van der Waals surface area contributed by atoms with Crippen LogP contribution in [-0.4, -0.2) is 50.8 Å². The minimum absolute atomic E-state index is 0.0325. The van der Waals surface area contributed by atoms with Gasteiger partial charge >= 0.3 is 5.97 Å². The Labute approximate surface area is 166 Å². The maximum absolute atomic E-state index is 12.5. The number of carboxylic acid groups (broad SMARTS) is 1. The van der Waals surface area contributed by atoms with E-state index < -0.39 is 35.8 Å². The predicted molar refractivity (Wildman–Crippen MR) is 102 cm³/mol. The first-order valence-electron chi connectivity index (χ1n) is 10.4. The number of amides is 2. The number of aliphatic hydroxyl groups excluding tert-OH is 1. The van der Waals surface area contributed by atoms with Crippen molar-refractivity contribution in [1.29, 1.82) is 0 Å². The Kier molecular flexibility index (Phi) is 7.75. The molecule has 2 fully saturated rings. The molecule has 5 atom stereocenters. The van der Waals surface area contributed by atoms with Gasteiger partial charge in [0, 0.05) is 24.7 Å². The van der Waals surface area contributed by atoms with Crippen molar-refractivity contribution in [2.45, 2.75) is 84.3 Å². The molecule has 0 radical (unpaired) electrons. The molecule has 28 heavy (non-hydrogen) atoms. The molecule has 0 aromatic carbocycles. The number of carbonyl (C=O) groups is 4. The number of ketones is 1. The molecular weight excluding hydrogens is 362 g/mol. The fraction of sp³-hybridized carbons (Fsp3) is 0.810. The number of unbranched alkanes of at least 4 members (excludes halogenated alkanes) is 1. The first-order chi connectivity index (χ1) is 13.1. The number of aliphatic hydroxyl groups is 1. The number of imide groups is 1. The van der Waals surface area contributed by atoms with E-state index in [9.17, 15) is 29.4 Å². The Morgan fingerprint density at radius 1 is 1.14 bits per heavy atom. The second kappa shape index (κ2) is 9.63. The smallest absolute Gasteiger partial charge is 0.326 e. The predicted octanol–water partition coefficient (Wildman–Crippen LogP) is 2.40. The van der Waals surface area contributed by atoms with E-state index in [1.54, 1.807) is 0 Å². The van der Waals surface area contributed by atoms with Gasteiger partial charge in [-0.05, 0) is 37.5 Å². The molecule has 7 nitrogen and oxygen atoms in total. The Morgan fingerprint density at radius 3 is 2.29 bits per heavy atom. The zero-order chi connectivity index (χ0) is 21.0. The van der Waals surface area contributed by atoms with Crippen LogP contribution in [0.25, 0.3) is 0 Å². The number of carboxylic acids is 1. The molecule has 1 saturated carbocycles. The number of Topliss-reactive ketones (excluding diaryl/α,β-unsaturated/α-hetero) is 1. The summed E-state index contributed by atoms with van der Waals surface area (Å²) in [5, 5.41) is 20.1. The standard InChI is InChI=1S/C21H33NO6/c1-4-5-6-16(21(27)28)22-18(24)10-14(11-19(22)25)9-17(23)15-8-12(2)7-13(3)20(15)26/h12-17,23H,4-11H2,1-3H3,(H,27,28). The Morgan fingerprint density at radius 2 is 1.75 bits per heavy atom. The first kappa shape index (κ1) is 22.5. The highest BCUT2D eigenvalue weighted by Gasteiger charge is 2.42. The van der Waals surface area contributed by atoms with E-state index >= 15 is 0 Å². The van der Waals surface area contributed by atoms with Gasteiger partial charge in [0.2, 0.25) is 11.8 Å². The third-order valence-corrected chi connectivity index (χ3v) is 6.19. The summed E-state index contributed by atoms with van der Waals surface area (Å²) >= 11 is 0. The van der Waals surface area contributed by atoms with E-state index in [1.165, 1.54) is 0 Å². The number of hydrogen-bond donors (Lipinski definition) is 2. The lowest BCUT2D eigenvalue weighted by Gasteiger charge is -2.37. The topological polar surface area (TPSA) is 112 Å². The fourth-order valence-corrected chi connectivity index (χ4v) is 4.76. The van der Waals surface area contributed by atoms with Crippen molar-refractivity contribution in [2.75, 3.05) is 0 Å². The van der Waals surface area contributed by atoms with Crippen molar-refractivity contribution in [1.82, 2.24) is 4.90 Å². The molecule has 158 valence electrons. The van der Waals surface area contributed by atoms with Gasteiger partial charge in [0.1, 0.15) is 11.8 Å². The molecule has 1 aliphatic carbocycles. The summed E-state index contributed by atoms with van der Waals surface area (Å²) in [6.45, 7) is 5.87. The number of hydrogen-bond acceptors (Lipinski definition) is 5. The lowest BCUT2D eigenvalue weighted by Crippen LogP contribution is -2.52. The molecule has 0 bridgehead atoms. The summed E-state index contributed by atoms with van der Waals surface area (Å²) in [5.41, 5.74) is 0. The average molecular weight is 395 g/mol. The van der Waals surface area contributed by atoms with E-state index in [0.717, 1.165) is 17.7 Å². The van der Waals surface area contributed by atoms with E-state index in [-0.39, 0.29) is 43.3 Å². The van der Waals surface area contributed by atoms with Gasteiger partial charge in [-0.2, -0.15) is 0 Å². The first-order valence-corrected chi connectivity index (χ1v) is 10.4. The molecule has 0 aromatic rings. The van der Waals surface area contributed by atoms with Crippen molar-refractivity contribution < 1.29 is 29.4 Å².